The van der Waals surface area contributed by atoms with Crippen LogP contribution in [0.1, 0.15) is 47.1 Å². The third-order valence-electron chi connectivity index (χ3n) is 4.37. The van der Waals surface area contributed by atoms with Crippen LogP contribution < -0.4 is 5.32 Å². The average Bonchev–Trinajstić information content (AvgIpc) is 3.01. The van der Waals surface area contributed by atoms with Gasteiger partial charge in [-0.25, -0.2) is 0 Å². The predicted octanol–water partition coefficient (Wildman–Crippen LogP) is 4.68. The van der Waals surface area contributed by atoms with Crippen LogP contribution in [-0.2, 0) is 16.8 Å². The summed E-state index contributed by atoms with van der Waals surface area (Å²) in [5, 5.41) is 12.2. The first-order valence-electron chi connectivity index (χ1n) is 9.72. The molecule has 0 saturated heterocycles. The Hall–Kier alpha value is -2.08. The largest absolute Gasteiger partial charge is 0.355 e. The number of carbonyl (C=O) groups excluding carboxylic acids is 1. The van der Waals surface area contributed by atoms with Crippen LogP contribution in [0.15, 0.2) is 42.1 Å². The smallest absolute Gasteiger partial charge is 0.233 e. The van der Waals surface area contributed by atoms with Crippen LogP contribution in [0.3, 0.4) is 0 Å². The number of thioether (sulfide) groups is 1. The zero-order valence-corrected chi connectivity index (χ0v) is 18.6. The lowest BCUT2D eigenvalue weighted by molar-refractivity contribution is -0.120. The van der Waals surface area contributed by atoms with Gasteiger partial charge in [-0.3, -0.25) is 9.36 Å². The summed E-state index contributed by atoms with van der Waals surface area (Å²) in [6, 6.07) is 8.43. The number of nitrogens with zero attached hydrogens (tertiary/aromatic N) is 3. The van der Waals surface area contributed by atoms with Gasteiger partial charge in [-0.15, -0.1) is 16.8 Å². The van der Waals surface area contributed by atoms with E-state index < -0.39 is 0 Å². The van der Waals surface area contributed by atoms with Gasteiger partial charge in [0.1, 0.15) is 0 Å². The molecule has 0 bridgehead atoms. The van der Waals surface area contributed by atoms with Gasteiger partial charge in [0, 0.05) is 18.7 Å². The van der Waals surface area contributed by atoms with Crippen molar-refractivity contribution in [2.45, 2.75) is 63.9 Å². The Morgan fingerprint density at radius 1 is 1.21 bits per heavy atom. The average molecular weight is 401 g/mol. The molecule has 1 heterocycles. The zero-order valence-electron chi connectivity index (χ0n) is 17.8. The molecule has 1 aromatic carbocycles. The van der Waals surface area contributed by atoms with E-state index in [1.54, 1.807) is 0 Å². The number of hydrogen-bond acceptors (Lipinski definition) is 4. The van der Waals surface area contributed by atoms with Gasteiger partial charge in [-0.2, -0.15) is 0 Å². The maximum Gasteiger partial charge on any atom is 0.233 e. The summed E-state index contributed by atoms with van der Waals surface area (Å²) >= 11 is 1.42. The molecule has 28 heavy (non-hydrogen) atoms. The van der Waals surface area contributed by atoms with Crippen molar-refractivity contribution < 1.29 is 4.79 Å². The molecule has 1 amide bonds. The van der Waals surface area contributed by atoms with E-state index in [1.807, 2.05) is 17.6 Å². The molecular formula is C22H32N4OS. The molecular weight excluding hydrogens is 368 g/mol. The van der Waals surface area contributed by atoms with Crippen molar-refractivity contribution in [2.75, 3.05) is 6.54 Å². The molecule has 5 nitrogen and oxygen atoms in total. The lowest BCUT2D eigenvalue weighted by Gasteiger charge is -2.19. The van der Waals surface area contributed by atoms with Crippen molar-refractivity contribution in [3.63, 3.8) is 0 Å². The summed E-state index contributed by atoms with van der Waals surface area (Å²) in [7, 11) is 0. The lowest BCUT2D eigenvalue weighted by Crippen LogP contribution is -2.33. The van der Waals surface area contributed by atoms with E-state index in [0.29, 0.717) is 19.0 Å². The Kier molecular flexibility index (Phi) is 7.47. The Labute approximate surface area is 173 Å². The molecule has 0 radical (unpaired) electrons. The third-order valence-corrected chi connectivity index (χ3v) is 5.45. The molecule has 1 atom stereocenters. The van der Waals surface area contributed by atoms with Gasteiger partial charge in [0.25, 0.3) is 0 Å². The first kappa shape index (κ1) is 22.2. The number of carbonyl (C=O) groups is 1. The molecule has 0 saturated carbocycles. The van der Waals surface area contributed by atoms with Crippen LogP contribution >= 0.6 is 11.8 Å². The van der Waals surface area contributed by atoms with Crippen molar-refractivity contribution in [3.8, 4) is 11.4 Å². The van der Waals surface area contributed by atoms with E-state index in [0.717, 1.165) is 16.5 Å². The maximum absolute atomic E-state index is 12.3. The van der Waals surface area contributed by atoms with Crippen molar-refractivity contribution >= 4 is 17.7 Å². The quantitative estimate of drug-likeness (QED) is 0.516. The van der Waals surface area contributed by atoms with Gasteiger partial charge in [-0.05, 0) is 23.8 Å². The minimum Gasteiger partial charge on any atom is -0.355 e. The Bertz CT molecular complexity index is 803. The number of allylic oxidation sites excluding steroid dienone is 1. The number of hydrogen-bond donors (Lipinski definition) is 1. The van der Waals surface area contributed by atoms with Crippen LogP contribution in [0.4, 0.5) is 0 Å². The monoisotopic (exact) mass is 400 g/mol. The van der Waals surface area contributed by atoms with Gasteiger partial charge < -0.3 is 5.32 Å². The first-order chi connectivity index (χ1) is 13.1. The second-order valence-electron chi connectivity index (χ2n) is 8.43. The van der Waals surface area contributed by atoms with Crippen LogP contribution in [0, 0.1) is 5.92 Å². The molecule has 1 N–H and O–H groups in total. The summed E-state index contributed by atoms with van der Waals surface area (Å²) in [5.74, 6) is 1.23. The third kappa shape index (κ3) is 5.71. The minimum atomic E-state index is -0.248. The van der Waals surface area contributed by atoms with E-state index in [2.05, 4.69) is 81.0 Å². The zero-order chi connectivity index (χ0) is 20.9. The number of nitrogens with one attached hydrogen (secondary N) is 1. The van der Waals surface area contributed by atoms with Gasteiger partial charge in [-0.1, -0.05) is 76.7 Å². The SMILES string of the molecule is C=CCn1c(S[C@H](C)C(=O)NCC(C)C)nnc1-c1ccc(C(C)(C)C)cc1. The van der Waals surface area contributed by atoms with Crippen molar-refractivity contribution in [2.24, 2.45) is 5.92 Å². The summed E-state index contributed by atoms with van der Waals surface area (Å²) in [6.07, 6.45) is 1.82. The lowest BCUT2D eigenvalue weighted by atomic mass is 9.87. The van der Waals surface area contributed by atoms with Crippen molar-refractivity contribution in [1.29, 1.82) is 0 Å². The normalized spacial score (nSPS) is 12.8. The van der Waals surface area contributed by atoms with Crippen LogP contribution in [0.2, 0.25) is 0 Å². The second kappa shape index (κ2) is 9.41. The van der Waals surface area contributed by atoms with E-state index in [-0.39, 0.29) is 16.6 Å². The maximum atomic E-state index is 12.3. The molecule has 0 spiro atoms. The fraction of sp³-hybridized carbons (Fsp3) is 0.500. The van der Waals surface area contributed by atoms with E-state index in [1.165, 1.54) is 17.3 Å². The topological polar surface area (TPSA) is 59.8 Å². The van der Waals surface area contributed by atoms with E-state index in [9.17, 15) is 4.79 Å². The highest BCUT2D eigenvalue weighted by molar-refractivity contribution is 8.00. The highest BCUT2D eigenvalue weighted by Crippen LogP contribution is 2.29. The predicted molar refractivity (Wildman–Crippen MR) is 118 cm³/mol. The molecule has 1 aromatic heterocycles. The molecule has 0 fully saturated rings. The van der Waals surface area contributed by atoms with Gasteiger partial charge in [0.05, 0.1) is 5.25 Å². The summed E-state index contributed by atoms with van der Waals surface area (Å²) in [5.41, 5.74) is 2.38. The summed E-state index contributed by atoms with van der Waals surface area (Å²) in [6.45, 7) is 17.8. The summed E-state index contributed by atoms with van der Waals surface area (Å²) in [4.78, 5) is 12.3. The first-order valence-corrected chi connectivity index (χ1v) is 10.6. The molecule has 2 aromatic rings. The molecule has 6 heteroatoms. The van der Waals surface area contributed by atoms with Crippen LogP contribution in [-0.4, -0.2) is 32.5 Å². The van der Waals surface area contributed by atoms with Crippen LogP contribution in [0.5, 0.6) is 0 Å². The molecule has 152 valence electrons. The molecule has 0 unspecified atom stereocenters. The Morgan fingerprint density at radius 3 is 2.39 bits per heavy atom. The van der Waals surface area contributed by atoms with Crippen LogP contribution in [0.25, 0.3) is 11.4 Å². The highest BCUT2D eigenvalue weighted by atomic mass is 32.2. The minimum absolute atomic E-state index is 0.0166. The van der Waals surface area contributed by atoms with Gasteiger partial charge >= 0.3 is 0 Å². The Morgan fingerprint density at radius 2 is 1.86 bits per heavy atom. The van der Waals surface area contributed by atoms with Crippen molar-refractivity contribution in [1.82, 2.24) is 20.1 Å². The van der Waals surface area contributed by atoms with E-state index >= 15 is 0 Å². The fourth-order valence-electron chi connectivity index (χ4n) is 2.66. The molecule has 0 aliphatic rings. The van der Waals surface area contributed by atoms with Gasteiger partial charge in [0.15, 0.2) is 11.0 Å². The van der Waals surface area contributed by atoms with Crippen molar-refractivity contribution in [3.05, 3.63) is 42.5 Å². The molecule has 2 rings (SSSR count). The van der Waals surface area contributed by atoms with E-state index in [4.69, 9.17) is 0 Å². The number of amides is 1. The summed E-state index contributed by atoms with van der Waals surface area (Å²) < 4.78 is 2.01. The molecule has 0 aliphatic heterocycles. The second-order valence-corrected chi connectivity index (χ2v) is 9.74. The molecule has 0 aliphatic carbocycles. The number of rotatable bonds is 8. The van der Waals surface area contributed by atoms with Gasteiger partial charge in [0.2, 0.25) is 5.91 Å². The Balaban J connectivity index is 2.23. The number of aromatic nitrogens is 3. The number of benzene rings is 1. The fourth-order valence-corrected chi connectivity index (χ4v) is 3.55. The standard InChI is InChI=1S/C22H32N4OS/c1-8-13-26-19(17-9-11-18(12-10-17)22(5,6)7)24-25-21(26)28-16(4)20(27)23-14-15(2)3/h8-12,15-16H,1,13-14H2,2-7H3,(H,23,27)/t16-/m1/s1. The highest BCUT2D eigenvalue weighted by Gasteiger charge is 2.21.